The summed E-state index contributed by atoms with van der Waals surface area (Å²) in [6.07, 6.45) is 0. The van der Waals surface area contributed by atoms with Crippen LogP contribution in [0.4, 0.5) is 0 Å². The molecular weight excluding hydrogens is 160 g/mol. The molecule has 0 unspecified atom stereocenters. The molecule has 0 amide bonds. The average molecular weight is 171 g/mol. The van der Waals surface area contributed by atoms with Crippen LogP contribution < -0.4 is 0 Å². The fraction of sp³-hybridized carbons (Fsp3) is 1.00. The summed E-state index contributed by atoms with van der Waals surface area (Å²) in [6.45, 7) is 3.31. The molecule has 0 saturated heterocycles. The Morgan fingerprint density at radius 3 is 1.78 bits per heavy atom. The lowest BCUT2D eigenvalue weighted by Gasteiger charge is -2.06. The van der Waals surface area contributed by atoms with Gasteiger partial charge in [-0.25, -0.2) is 8.42 Å². The van der Waals surface area contributed by atoms with Gasteiger partial charge < -0.3 is 4.55 Å². The molecule has 0 spiro atoms. The highest BCUT2D eigenvalue weighted by Crippen LogP contribution is 2.14. The molecule has 0 fully saturated rings. The Labute approximate surface area is 60.0 Å². The van der Waals surface area contributed by atoms with Crippen LogP contribution >= 0.6 is 10.8 Å². The summed E-state index contributed by atoms with van der Waals surface area (Å²) in [6, 6.07) is 0. The molecule has 0 heterocycles. The van der Waals surface area contributed by atoms with E-state index >= 15 is 0 Å². The highest BCUT2D eigenvalue weighted by atomic mass is 33.1. The van der Waals surface area contributed by atoms with Crippen molar-refractivity contribution >= 4 is 19.9 Å². The minimum absolute atomic E-state index is 0. The first kappa shape index (κ1) is 12.0. The standard InChI is InChI=1S/C3H8O3S2.CH4/c1-3(2)7-8(4,5)6;/h3H,1-2H3,(H,4,5,6);1H4/p-1. The van der Waals surface area contributed by atoms with Crippen molar-refractivity contribution in [2.75, 3.05) is 0 Å². The Balaban J connectivity index is 0. The first-order valence-corrected chi connectivity index (χ1v) is 4.86. The zero-order valence-electron chi connectivity index (χ0n) is 4.62. The second kappa shape index (κ2) is 4.14. The maximum absolute atomic E-state index is 9.85. The molecular formula is C4H11O3S2-. The molecule has 0 N–H and O–H groups in total. The van der Waals surface area contributed by atoms with Crippen molar-refractivity contribution < 1.29 is 13.0 Å². The van der Waals surface area contributed by atoms with Crippen molar-refractivity contribution in [1.29, 1.82) is 0 Å². The third-order valence-corrected chi connectivity index (χ3v) is 2.79. The average Bonchev–Trinajstić information content (AvgIpc) is 1.21. The molecule has 3 nitrogen and oxygen atoms in total. The van der Waals surface area contributed by atoms with Gasteiger partial charge in [0.25, 0.3) is 0 Å². The van der Waals surface area contributed by atoms with E-state index in [2.05, 4.69) is 0 Å². The van der Waals surface area contributed by atoms with Gasteiger partial charge in [0.2, 0.25) is 0 Å². The van der Waals surface area contributed by atoms with E-state index in [1.807, 2.05) is 0 Å². The fourth-order valence-electron chi connectivity index (χ4n) is 0.236. The van der Waals surface area contributed by atoms with Gasteiger partial charge in [0, 0.05) is 5.25 Å². The van der Waals surface area contributed by atoms with Gasteiger partial charge in [-0.15, -0.1) is 0 Å². The second-order valence-corrected chi connectivity index (χ2v) is 5.31. The van der Waals surface area contributed by atoms with Gasteiger partial charge in [-0.1, -0.05) is 21.3 Å². The van der Waals surface area contributed by atoms with E-state index in [0.29, 0.717) is 10.8 Å². The molecule has 0 bridgehead atoms. The van der Waals surface area contributed by atoms with Gasteiger partial charge in [-0.2, -0.15) is 0 Å². The molecule has 5 heteroatoms. The summed E-state index contributed by atoms with van der Waals surface area (Å²) in [5.74, 6) is 0. The molecule has 0 saturated carbocycles. The molecule has 0 radical (unpaired) electrons. The summed E-state index contributed by atoms with van der Waals surface area (Å²) >= 11 is 0. The molecule has 0 rings (SSSR count). The summed E-state index contributed by atoms with van der Waals surface area (Å²) in [5.41, 5.74) is 0. The van der Waals surface area contributed by atoms with Gasteiger partial charge in [0.1, 0.15) is 9.15 Å². The summed E-state index contributed by atoms with van der Waals surface area (Å²) in [5, 5.41) is -0.141. The summed E-state index contributed by atoms with van der Waals surface area (Å²) in [4.78, 5) is 0. The van der Waals surface area contributed by atoms with E-state index in [0.717, 1.165) is 0 Å². The third kappa shape index (κ3) is 11.7. The van der Waals surface area contributed by atoms with Gasteiger partial charge >= 0.3 is 0 Å². The van der Waals surface area contributed by atoms with E-state index in [1.165, 1.54) is 0 Å². The van der Waals surface area contributed by atoms with Gasteiger partial charge in [-0.3, -0.25) is 0 Å². The zero-order valence-corrected chi connectivity index (χ0v) is 6.25. The van der Waals surface area contributed by atoms with Crippen LogP contribution in [0.2, 0.25) is 0 Å². The monoisotopic (exact) mass is 171 g/mol. The van der Waals surface area contributed by atoms with Gasteiger partial charge in [0.15, 0.2) is 0 Å². The van der Waals surface area contributed by atoms with Crippen molar-refractivity contribution in [2.24, 2.45) is 0 Å². The van der Waals surface area contributed by atoms with Crippen molar-refractivity contribution in [3.8, 4) is 0 Å². The maximum atomic E-state index is 9.85. The Morgan fingerprint density at radius 1 is 1.44 bits per heavy atom. The van der Waals surface area contributed by atoms with Crippen molar-refractivity contribution in [3.05, 3.63) is 0 Å². The van der Waals surface area contributed by atoms with E-state index in [4.69, 9.17) is 0 Å². The molecule has 0 aromatic carbocycles. The fourth-order valence-corrected chi connectivity index (χ4v) is 2.12. The van der Waals surface area contributed by atoms with Crippen LogP contribution in [0.15, 0.2) is 0 Å². The highest BCUT2D eigenvalue weighted by Gasteiger charge is 1.98. The van der Waals surface area contributed by atoms with E-state index < -0.39 is 9.15 Å². The number of rotatable bonds is 2. The van der Waals surface area contributed by atoms with Gasteiger partial charge in [-0.05, 0) is 10.8 Å². The SMILES string of the molecule is C.CC(C)SS(=O)(=O)[O-]. The first-order valence-electron chi connectivity index (χ1n) is 2.06. The molecule has 0 aromatic heterocycles. The summed E-state index contributed by atoms with van der Waals surface area (Å²) < 4.78 is 29.5. The van der Waals surface area contributed by atoms with Crippen LogP contribution in [0.3, 0.4) is 0 Å². The van der Waals surface area contributed by atoms with Crippen LogP contribution in [-0.2, 0) is 9.15 Å². The molecule has 0 atom stereocenters. The smallest absolute Gasteiger partial charge is 0.149 e. The normalized spacial score (nSPS) is 11.1. The second-order valence-electron chi connectivity index (χ2n) is 1.55. The Kier molecular flexibility index (Phi) is 5.51. The van der Waals surface area contributed by atoms with Crippen molar-refractivity contribution in [2.45, 2.75) is 26.5 Å². The van der Waals surface area contributed by atoms with Crippen LogP contribution in [0, 0.1) is 0 Å². The van der Waals surface area contributed by atoms with E-state index in [-0.39, 0.29) is 12.7 Å². The maximum Gasteiger partial charge on any atom is 0.149 e. The number of hydrogen-bond donors (Lipinski definition) is 0. The van der Waals surface area contributed by atoms with Gasteiger partial charge in [0.05, 0.1) is 0 Å². The zero-order chi connectivity index (χ0) is 6.78. The Morgan fingerprint density at radius 2 is 1.78 bits per heavy atom. The first-order chi connectivity index (χ1) is 3.42. The van der Waals surface area contributed by atoms with Crippen LogP contribution in [0.1, 0.15) is 21.3 Å². The quantitative estimate of drug-likeness (QED) is 0.463. The molecule has 58 valence electrons. The Bertz CT molecular complexity index is 147. The predicted molar refractivity (Wildman–Crippen MR) is 39.2 cm³/mol. The largest absolute Gasteiger partial charge is 0.739 e. The summed E-state index contributed by atoms with van der Waals surface area (Å²) in [7, 11) is -3.63. The van der Waals surface area contributed by atoms with E-state index in [1.54, 1.807) is 13.8 Å². The van der Waals surface area contributed by atoms with Crippen LogP contribution in [-0.4, -0.2) is 18.2 Å². The van der Waals surface area contributed by atoms with Crippen molar-refractivity contribution in [3.63, 3.8) is 0 Å². The predicted octanol–water partition coefficient (Wildman–Crippen LogP) is 1.22. The number of hydrogen-bond acceptors (Lipinski definition) is 4. The van der Waals surface area contributed by atoms with Crippen molar-refractivity contribution in [1.82, 2.24) is 0 Å². The molecule has 0 aliphatic rings. The molecule has 9 heavy (non-hydrogen) atoms. The lowest BCUT2D eigenvalue weighted by Crippen LogP contribution is -1.96. The molecule has 0 aliphatic heterocycles. The minimum Gasteiger partial charge on any atom is -0.739 e. The molecule has 0 aliphatic carbocycles. The molecule has 0 aromatic rings. The topological polar surface area (TPSA) is 57.2 Å². The Hall–Kier alpha value is 0.260. The highest BCUT2D eigenvalue weighted by molar-refractivity contribution is 8.70. The lowest BCUT2D eigenvalue weighted by molar-refractivity contribution is 0.482. The van der Waals surface area contributed by atoms with Crippen LogP contribution in [0.5, 0.6) is 0 Å². The van der Waals surface area contributed by atoms with E-state index in [9.17, 15) is 13.0 Å². The third-order valence-electron chi connectivity index (χ3n) is 0.310. The van der Waals surface area contributed by atoms with Crippen LogP contribution in [0.25, 0.3) is 0 Å². The lowest BCUT2D eigenvalue weighted by atomic mass is 10.6. The minimum atomic E-state index is -4.06.